The molecule has 4 aromatic carbocycles. The first-order valence-corrected chi connectivity index (χ1v) is 12.5. The number of carbonyl (C=O) groups is 1. The highest BCUT2D eigenvalue weighted by molar-refractivity contribution is 5.85. The van der Waals surface area contributed by atoms with E-state index < -0.39 is 6.09 Å². The summed E-state index contributed by atoms with van der Waals surface area (Å²) < 4.78 is 29.6. The zero-order chi connectivity index (χ0) is 26.9. The van der Waals surface area contributed by atoms with E-state index in [1.165, 1.54) is 17.7 Å². The van der Waals surface area contributed by atoms with Crippen molar-refractivity contribution in [3.8, 4) is 5.75 Å². The van der Waals surface area contributed by atoms with Gasteiger partial charge < -0.3 is 14.2 Å². The van der Waals surface area contributed by atoms with Crippen molar-refractivity contribution < 1.29 is 23.4 Å². The summed E-state index contributed by atoms with van der Waals surface area (Å²) in [5, 5.41) is 2.84. The van der Waals surface area contributed by atoms with Gasteiger partial charge in [0.15, 0.2) is 6.79 Å². The molecule has 0 saturated carbocycles. The first kappa shape index (κ1) is 26.9. The molecule has 4 rings (SSSR count). The number of carbonyl (C=O) groups excluding carboxylic acids is 1. The number of ether oxygens (including phenoxy) is 3. The lowest BCUT2D eigenvalue weighted by molar-refractivity contribution is 0.0505. The fourth-order valence-electron chi connectivity index (χ4n) is 4.39. The van der Waals surface area contributed by atoms with Crippen LogP contribution >= 0.6 is 0 Å². The number of anilines is 1. The molecule has 0 aromatic heterocycles. The van der Waals surface area contributed by atoms with Crippen LogP contribution in [0.4, 0.5) is 14.9 Å². The van der Waals surface area contributed by atoms with Crippen LogP contribution < -0.4 is 10.1 Å². The molecule has 0 atom stereocenters. The lowest BCUT2D eigenvalue weighted by Crippen LogP contribution is -2.14. The molecular weight excluding hydrogens is 481 g/mol. The molecule has 38 heavy (non-hydrogen) atoms. The summed E-state index contributed by atoms with van der Waals surface area (Å²) in [5.74, 6) is 0.480. The van der Waals surface area contributed by atoms with Crippen LogP contribution in [0.15, 0.2) is 84.9 Å². The summed E-state index contributed by atoms with van der Waals surface area (Å²) in [4.78, 5) is 12.3. The SMILES string of the molecule is COCOc1ccc(Cc2c(C)cc(NC(=O)OCc3ccccc3)cc2C)cc1Cc1ccc(F)cc1. The molecule has 0 saturated heterocycles. The van der Waals surface area contributed by atoms with Gasteiger partial charge in [0.25, 0.3) is 0 Å². The van der Waals surface area contributed by atoms with Gasteiger partial charge in [0, 0.05) is 19.2 Å². The van der Waals surface area contributed by atoms with Crippen LogP contribution in [0, 0.1) is 19.7 Å². The van der Waals surface area contributed by atoms with Crippen molar-refractivity contribution in [1.29, 1.82) is 0 Å². The van der Waals surface area contributed by atoms with Crippen LogP contribution in [0.3, 0.4) is 0 Å². The van der Waals surface area contributed by atoms with Gasteiger partial charge in [-0.3, -0.25) is 5.32 Å². The van der Waals surface area contributed by atoms with E-state index >= 15 is 0 Å². The summed E-state index contributed by atoms with van der Waals surface area (Å²) >= 11 is 0. The van der Waals surface area contributed by atoms with E-state index in [4.69, 9.17) is 14.2 Å². The molecular formula is C32H32FNO4. The minimum absolute atomic E-state index is 0.149. The number of hydrogen-bond acceptors (Lipinski definition) is 4. The van der Waals surface area contributed by atoms with Gasteiger partial charge in [0.05, 0.1) is 0 Å². The fraction of sp³-hybridized carbons (Fsp3) is 0.219. The Kier molecular flexibility index (Phi) is 9.11. The van der Waals surface area contributed by atoms with E-state index in [1.807, 2.05) is 68.4 Å². The van der Waals surface area contributed by atoms with Crippen LogP contribution in [0.25, 0.3) is 0 Å². The minimum atomic E-state index is -0.488. The third kappa shape index (κ3) is 7.43. The molecule has 0 aliphatic heterocycles. The Bertz CT molecular complexity index is 1350. The van der Waals surface area contributed by atoms with Crippen molar-refractivity contribution >= 4 is 11.8 Å². The molecule has 0 bridgehead atoms. The summed E-state index contributed by atoms with van der Waals surface area (Å²) in [6, 6.07) is 26.1. The highest BCUT2D eigenvalue weighted by atomic mass is 19.1. The van der Waals surface area contributed by atoms with Crippen LogP contribution in [-0.2, 0) is 28.9 Å². The molecule has 6 heteroatoms. The lowest BCUT2D eigenvalue weighted by Gasteiger charge is -2.16. The normalized spacial score (nSPS) is 10.7. The topological polar surface area (TPSA) is 56.8 Å². The van der Waals surface area contributed by atoms with Gasteiger partial charge in [0.2, 0.25) is 0 Å². The number of rotatable bonds is 10. The van der Waals surface area contributed by atoms with E-state index in [-0.39, 0.29) is 19.2 Å². The van der Waals surface area contributed by atoms with E-state index in [9.17, 15) is 9.18 Å². The van der Waals surface area contributed by atoms with Crippen molar-refractivity contribution in [3.63, 3.8) is 0 Å². The molecule has 0 spiro atoms. The molecule has 4 aromatic rings. The number of halogens is 1. The Morgan fingerprint density at radius 1 is 0.816 bits per heavy atom. The minimum Gasteiger partial charge on any atom is -0.467 e. The Morgan fingerprint density at radius 2 is 1.50 bits per heavy atom. The van der Waals surface area contributed by atoms with Gasteiger partial charge in [-0.1, -0.05) is 54.6 Å². The molecule has 0 aliphatic rings. The second-order valence-corrected chi connectivity index (χ2v) is 9.25. The van der Waals surface area contributed by atoms with Gasteiger partial charge in [-0.2, -0.15) is 0 Å². The summed E-state index contributed by atoms with van der Waals surface area (Å²) in [5.41, 5.74) is 8.08. The van der Waals surface area contributed by atoms with Crippen molar-refractivity contribution in [3.05, 3.63) is 130 Å². The molecule has 1 N–H and O–H groups in total. The zero-order valence-electron chi connectivity index (χ0n) is 21.9. The van der Waals surface area contributed by atoms with Crippen LogP contribution in [0.1, 0.15) is 38.9 Å². The molecule has 196 valence electrons. The predicted octanol–water partition coefficient (Wildman–Crippen LogP) is 7.36. The number of amides is 1. The Balaban J connectivity index is 1.48. The smallest absolute Gasteiger partial charge is 0.411 e. The number of benzene rings is 4. The highest BCUT2D eigenvalue weighted by Crippen LogP contribution is 2.28. The van der Waals surface area contributed by atoms with Gasteiger partial charge in [0.1, 0.15) is 18.2 Å². The largest absolute Gasteiger partial charge is 0.467 e. The molecule has 0 fully saturated rings. The molecule has 0 heterocycles. The monoisotopic (exact) mass is 513 g/mol. The summed E-state index contributed by atoms with van der Waals surface area (Å²) in [6.07, 6.45) is 0.841. The fourth-order valence-corrected chi connectivity index (χ4v) is 4.39. The maximum absolute atomic E-state index is 13.4. The second kappa shape index (κ2) is 12.9. The summed E-state index contributed by atoms with van der Waals surface area (Å²) in [6.45, 7) is 4.44. The van der Waals surface area contributed by atoms with Gasteiger partial charge in [-0.25, -0.2) is 9.18 Å². The van der Waals surface area contributed by atoms with Gasteiger partial charge >= 0.3 is 6.09 Å². The average molecular weight is 514 g/mol. The maximum atomic E-state index is 13.4. The zero-order valence-corrected chi connectivity index (χ0v) is 21.9. The maximum Gasteiger partial charge on any atom is 0.411 e. The molecule has 5 nitrogen and oxygen atoms in total. The first-order chi connectivity index (χ1) is 18.4. The quantitative estimate of drug-likeness (QED) is 0.225. The molecule has 0 radical (unpaired) electrons. The first-order valence-electron chi connectivity index (χ1n) is 12.5. The third-order valence-corrected chi connectivity index (χ3v) is 6.30. The molecule has 0 aliphatic carbocycles. The van der Waals surface area contributed by atoms with Crippen molar-refractivity contribution in [1.82, 2.24) is 0 Å². The van der Waals surface area contributed by atoms with E-state index in [0.717, 1.165) is 45.6 Å². The Labute approximate surface area is 223 Å². The van der Waals surface area contributed by atoms with Gasteiger partial charge in [-0.05, 0) is 89.5 Å². The number of nitrogens with one attached hydrogen (secondary N) is 1. The van der Waals surface area contributed by atoms with Crippen LogP contribution in [0.2, 0.25) is 0 Å². The lowest BCUT2D eigenvalue weighted by atomic mass is 9.93. The summed E-state index contributed by atoms with van der Waals surface area (Å²) in [7, 11) is 1.58. The Morgan fingerprint density at radius 3 is 2.18 bits per heavy atom. The standard InChI is InChI=1S/C32H32FNO4/c1-22-15-29(34-32(35)37-20-25-7-5-4-6-8-25)16-23(2)30(22)19-26-11-14-31(38-21-36-3)27(18-26)17-24-9-12-28(33)13-10-24/h4-16,18H,17,19-21H2,1-3H3,(H,34,35). The predicted molar refractivity (Wildman–Crippen MR) is 147 cm³/mol. The van der Waals surface area contributed by atoms with E-state index in [2.05, 4.69) is 11.4 Å². The molecule has 1 amide bonds. The number of methoxy groups -OCH3 is 1. The van der Waals surface area contributed by atoms with E-state index in [0.29, 0.717) is 12.1 Å². The van der Waals surface area contributed by atoms with Crippen molar-refractivity contribution in [2.75, 3.05) is 19.2 Å². The average Bonchev–Trinajstić information content (AvgIpc) is 2.91. The second-order valence-electron chi connectivity index (χ2n) is 9.25. The third-order valence-electron chi connectivity index (χ3n) is 6.30. The number of hydrogen-bond donors (Lipinski definition) is 1. The Hall–Kier alpha value is -4.16. The molecule has 0 unspecified atom stereocenters. The van der Waals surface area contributed by atoms with E-state index in [1.54, 1.807) is 19.2 Å². The van der Waals surface area contributed by atoms with Crippen molar-refractivity contribution in [2.45, 2.75) is 33.3 Å². The van der Waals surface area contributed by atoms with Crippen LogP contribution in [0.5, 0.6) is 5.75 Å². The van der Waals surface area contributed by atoms with Crippen LogP contribution in [-0.4, -0.2) is 20.0 Å². The highest BCUT2D eigenvalue weighted by Gasteiger charge is 2.12. The van der Waals surface area contributed by atoms with Gasteiger partial charge in [-0.15, -0.1) is 0 Å². The number of aryl methyl sites for hydroxylation is 2. The van der Waals surface area contributed by atoms with Crippen molar-refractivity contribution in [2.24, 2.45) is 0 Å².